The largest absolute Gasteiger partial charge is 0.389 e. The van der Waals surface area contributed by atoms with E-state index in [-0.39, 0.29) is 5.88 Å². The monoisotopic (exact) mass is 241 g/mol. The molecule has 3 nitrogen and oxygen atoms in total. The number of nitrogens with two attached hydrogens (primary N) is 1. The third-order valence-corrected chi connectivity index (χ3v) is 2.66. The van der Waals surface area contributed by atoms with Crippen molar-refractivity contribution in [2.75, 3.05) is 5.88 Å². The molecule has 0 radical (unpaired) electrons. The molecule has 1 aromatic rings. The lowest BCUT2D eigenvalue weighted by atomic mass is 10.0. The number of hydrogen-bond acceptors (Lipinski definition) is 2. The van der Waals surface area contributed by atoms with Crippen LogP contribution < -0.4 is 5.73 Å². The highest BCUT2D eigenvalue weighted by Crippen LogP contribution is 2.28. The highest BCUT2D eigenvalue weighted by atomic mass is 35.5. The summed E-state index contributed by atoms with van der Waals surface area (Å²) in [5.74, 6) is -0.563. The molecule has 0 spiro atoms. The fourth-order valence-corrected chi connectivity index (χ4v) is 1.79. The van der Waals surface area contributed by atoms with E-state index in [9.17, 15) is 9.90 Å². The molecule has 0 bridgehead atoms. The molecular weight excluding hydrogens is 226 g/mol. The molecule has 4 heteroatoms. The molecule has 0 fully saturated rings. The second-order valence-electron chi connectivity index (χ2n) is 4.22. The van der Waals surface area contributed by atoms with Gasteiger partial charge in [0.15, 0.2) is 0 Å². The topological polar surface area (TPSA) is 63.3 Å². The van der Waals surface area contributed by atoms with Crippen LogP contribution in [0.4, 0.5) is 0 Å². The van der Waals surface area contributed by atoms with Gasteiger partial charge in [-0.2, -0.15) is 0 Å². The van der Waals surface area contributed by atoms with Gasteiger partial charge in [-0.25, -0.2) is 0 Å². The van der Waals surface area contributed by atoms with Crippen molar-refractivity contribution in [2.45, 2.75) is 25.4 Å². The minimum absolute atomic E-state index is 0.0833. The van der Waals surface area contributed by atoms with E-state index in [1.165, 1.54) is 11.1 Å². The summed E-state index contributed by atoms with van der Waals surface area (Å²) in [7, 11) is 0. The van der Waals surface area contributed by atoms with Crippen molar-refractivity contribution in [3.63, 3.8) is 0 Å². The average molecular weight is 242 g/mol. The Bertz CT molecular complexity index is 350. The standard InChI is InChI=1S/C10H12O.C2H4ClNO/c1-10(11)6-8-4-2-3-5-9(8)7-10;3-1-2(4)5/h2-5,11H,6-7H2,1H3;1H2,(H2,4,5). The van der Waals surface area contributed by atoms with E-state index >= 15 is 0 Å². The predicted octanol–water partition coefficient (Wildman–Crippen LogP) is 1.25. The fourth-order valence-electron chi connectivity index (χ4n) is 1.79. The van der Waals surface area contributed by atoms with Gasteiger partial charge in [0.05, 0.1) is 5.60 Å². The summed E-state index contributed by atoms with van der Waals surface area (Å²) in [4.78, 5) is 9.46. The number of fused-ring (bicyclic) bond motifs is 1. The summed E-state index contributed by atoms with van der Waals surface area (Å²) in [5, 5.41) is 9.72. The lowest BCUT2D eigenvalue weighted by Gasteiger charge is -2.13. The molecule has 88 valence electrons. The van der Waals surface area contributed by atoms with Crippen LogP contribution >= 0.6 is 11.6 Å². The van der Waals surface area contributed by atoms with Gasteiger partial charge >= 0.3 is 0 Å². The SMILES string of the molecule is CC1(O)Cc2ccccc2C1.NC(=O)CCl. The predicted molar refractivity (Wildman–Crippen MR) is 64.4 cm³/mol. The first-order valence-electron chi connectivity index (χ1n) is 5.08. The first-order chi connectivity index (χ1) is 7.44. The summed E-state index contributed by atoms with van der Waals surface area (Å²) in [6.07, 6.45) is 1.62. The Hall–Kier alpha value is -1.06. The third-order valence-electron chi connectivity index (χ3n) is 2.39. The van der Waals surface area contributed by atoms with Crippen molar-refractivity contribution < 1.29 is 9.90 Å². The van der Waals surface area contributed by atoms with Crippen molar-refractivity contribution in [3.05, 3.63) is 35.4 Å². The number of primary amides is 1. The minimum atomic E-state index is -0.496. The number of carbonyl (C=O) groups is 1. The highest BCUT2D eigenvalue weighted by Gasteiger charge is 2.29. The van der Waals surface area contributed by atoms with Gasteiger partial charge in [0.1, 0.15) is 5.88 Å². The number of rotatable bonds is 1. The first-order valence-corrected chi connectivity index (χ1v) is 5.61. The Morgan fingerprint density at radius 2 is 1.81 bits per heavy atom. The third kappa shape index (κ3) is 3.83. The van der Waals surface area contributed by atoms with Crippen molar-refractivity contribution in [2.24, 2.45) is 5.73 Å². The number of carbonyl (C=O) groups excluding carboxylic acids is 1. The number of alkyl halides is 1. The summed E-state index contributed by atoms with van der Waals surface area (Å²) in [5.41, 5.74) is 6.63. The first kappa shape index (κ1) is 13.0. The van der Waals surface area contributed by atoms with E-state index in [1.807, 2.05) is 19.1 Å². The number of benzene rings is 1. The Balaban J connectivity index is 0.000000221. The minimum Gasteiger partial charge on any atom is -0.389 e. The summed E-state index contributed by atoms with van der Waals surface area (Å²) >= 11 is 4.86. The number of amides is 1. The zero-order valence-electron chi connectivity index (χ0n) is 9.24. The van der Waals surface area contributed by atoms with Crippen molar-refractivity contribution in [1.29, 1.82) is 0 Å². The van der Waals surface area contributed by atoms with Gasteiger partial charge in [-0.05, 0) is 18.1 Å². The molecular formula is C12H16ClNO2. The summed E-state index contributed by atoms with van der Waals surface area (Å²) < 4.78 is 0. The second kappa shape index (κ2) is 5.32. The molecule has 2 rings (SSSR count). The van der Waals surface area contributed by atoms with Gasteiger partial charge < -0.3 is 10.8 Å². The Morgan fingerprint density at radius 1 is 1.44 bits per heavy atom. The molecule has 0 aliphatic heterocycles. The molecule has 1 aliphatic carbocycles. The lowest BCUT2D eigenvalue weighted by molar-refractivity contribution is -0.115. The quantitative estimate of drug-likeness (QED) is 0.727. The van der Waals surface area contributed by atoms with E-state index in [0.29, 0.717) is 0 Å². The summed E-state index contributed by atoms with van der Waals surface area (Å²) in [6, 6.07) is 8.24. The van der Waals surface area contributed by atoms with Gasteiger partial charge in [-0.1, -0.05) is 24.3 Å². The van der Waals surface area contributed by atoms with Crippen LogP contribution in [0.15, 0.2) is 24.3 Å². The number of halogens is 1. The fraction of sp³-hybridized carbons (Fsp3) is 0.417. The molecule has 0 saturated carbocycles. The molecule has 0 aromatic heterocycles. The molecule has 3 N–H and O–H groups in total. The highest BCUT2D eigenvalue weighted by molar-refractivity contribution is 6.27. The lowest BCUT2D eigenvalue weighted by Crippen LogP contribution is -2.23. The van der Waals surface area contributed by atoms with Gasteiger partial charge in [0, 0.05) is 12.8 Å². The van der Waals surface area contributed by atoms with Gasteiger partial charge in [-0.15, -0.1) is 11.6 Å². The number of hydrogen-bond donors (Lipinski definition) is 2. The zero-order valence-corrected chi connectivity index (χ0v) is 10.00. The van der Waals surface area contributed by atoms with Crippen LogP contribution in [0.2, 0.25) is 0 Å². The molecule has 1 aromatic carbocycles. The molecule has 16 heavy (non-hydrogen) atoms. The molecule has 1 amide bonds. The van der Waals surface area contributed by atoms with E-state index in [1.54, 1.807) is 0 Å². The van der Waals surface area contributed by atoms with Crippen LogP contribution in [0.25, 0.3) is 0 Å². The maximum atomic E-state index is 9.72. The van der Waals surface area contributed by atoms with Crippen LogP contribution in [-0.4, -0.2) is 22.5 Å². The molecule has 0 atom stereocenters. The van der Waals surface area contributed by atoms with E-state index in [4.69, 9.17) is 11.6 Å². The van der Waals surface area contributed by atoms with Gasteiger partial charge in [0.2, 0.25) is 5.91 Å². The smallest absolute Gasteiger partial charge is 0.232 e. The van der Waals surface area contributed by atoms with Crippen LogP contribution in [0.3, 0.4) is 0 Å². The van der Waals surface area contributed by atoms with Gasteiger partial charge in [0.25, 0.3) is 0 Å². The maximum absolute atomic E-state index is 9.72. The van der Waals surface area contributed by atoms with Crippen LogP contribution in [-0.2, 0) is 17.6 Å². The van der Waals surface area contributed by atoms with Gasteiger partial charge in [-0.3, -0.25) is 4.79 Å². The Morgan fingerprint density at radius 3 is 2.12 bits per heavy atom. The van der Waals surface area contributed by atoms with Crippen molar-refractivity contribution in [3.8, 4) is 0 Å². The van der Waals surface area contributed by atoms with Crippen molar-refractivity contribution in [1.82, 2.24) is 0 Å². The normalized spacial score (nSPS) is 15.9. The Labute approximate surface area is 100 Å². The van der Waals surface area contributed by atoms with E-state index in [2.05, 4.69) is 17.9 Å². The van der Waals surface area contributed by atoms with Crippen LogP contribution in [0, 0.1) is 0 Å². The Kier molecular flexibility index (Phi) is 4.33. The van der Waals surface area contributed by atoms with Crippen LogP contribution in [0.5, 0.6) is 0 Å². The van der Waals surface area contributed by atoms with Crippen LogP contribution in [0.1, 0.15) is 18.1 Å². The average Bonchev–Trinajstić information content (AvgIpc) is 2.52. The molecule has 0 unspecified atom stereocenters. The zero-order chi connectivity index (χ0) is 12.2. The molecule has 0 saturated heterocycles. The van der Waals surface area contributed by atoms with E-state index < -0.39 is 11.5 Å². The summed E-state index contributed by atoms with van der Waals surface area (Å²) in [6.45, 7) is 1.90. The maximum Gasteiger partial charge on any atom is 0.232 e. The number of aliphatic hydroxyl groups is 1. The van der Waals surface area contributed by atoms with E-state index in [0.717, 1.165) is 12.8 Å². The van der Waals surface area contributed by atoms with Crippen molar-refractivity contribution >= 4 is 17.5 Å². The molecule has 0 heterocycles. The molecule has 1 aliphatic rings. The second-order valence-corrected chi connectivity index (χ2v) is 4.49.